The number of phenols is 1. The molecule has 15 heavy (non-hydrogen) atoms. The number of phenolic OH excluding ortho intramolecular Hbond substituents is 1. The fraction of sp³-hybridized carbons (Fsp3) is 0. The first-order valence-corrected chi connectivity index (χ1v) is 5.33. The van der Waals surface area contributed by atoms with Gasteiger partial charge in [-0.3, -0.25) is 0 Å². The Bertz CT molecular complexity index is 545. The van der Waals surface area contributed by atoms with Gasteiger partial charge in [0.15, 0.2) is 11.1 Å². The molecule has 5 heteroatoms. The normalized spacial score (nSPS) is 12.9. The van der Waals surface area contributed by atoms with Crippen molar-refractivity contribution < 1.29 is 13.9 Å². The summed E-state index contributed by atoms with van der Waals surface area (Å²) in [6, 6.07) is 7.73. The van der Waals surface area contributed by atoms with E-state index in [1.54, 1.807) is 12.1 Å². The summed E-state index contributed by atoms with van der Waals surface area (Å²) in [5, 5.41) is 10.5. The van der Waals surface area contributed by atoms with Crippen molar-refractivity contribution in [3.05, 3.63) is 30.3 Å². The highest BCUT2D eigenvalue weighted by Gasteiger charge is 2.10. The lowest BCUT2D eigenvalue weighted by molar-refractivity contribution is 0.482. The van der Waals surface area contributed by atoms with E-state index in [-0.39, 0.29) is 10.6 Å². The molecule has 0 amide bonds. The molecule has 1 unspecified atom stereocenters. The van der Waals surface area contributed by atoms with Crippen LogP contribution in [0.2, 0.25) is 0 Å². The smallest absolute Gasteiger partial charge is 0.187 e. The summed E-state index contributed by atoms with van der Waals surface area (Å²) in [6.07, 6.45) is 0. The van der Waals surface area contributed by atoms with Crippen molar-refractivity contribution in [2.75, 3.05) is 5.73 Å². The molecular formula is C10H9NO3S. The molecule has 0 saturated carbocycles. The average molecular weight is 223 g/mol. The lowest BCUT2D eigenvalue weighted by Gasteiger charge is -2.07. The monoisotopic (exact) mass is 223 g/mol. The van der Waals surface area contributed by atoms with E-state index >= 15 is 0 Å². The Hall–Kier alpha value is -1.59. The van der Waals surface area contributed by atoms with E-state index in [4.69, 9.17) is 10.3 Å². The number of nitrogen functional groups attached to an aromatic ring is 1. The highest BCUT2D eigenvalue weighted by molar-refractivity contribution is 7.79. The molecule has 0 aliphatic carbocycles. The third-order valence-electron chi connectivity index (χ3n) is 2.20. The fourth-order valence-corrected chi connectivity index (χ4v) is 2.08. The van der Waals surface area contributed by atoms with Crippen molar-refractivity contribution in [2.24, 2.45) is 0 Å². The maximum atomic E-state index is 11.0. The highest BCUT2D eigenvalue weighted by atomic mass is 32.2. The van der Waals surface area contributed by atoms with Crippen LogP contribution < -0.4 is 5.73 Å². The number of benzene rings is 2. The first-order valence-electron chi connectivity index (χ1n) is 4.22. The lowest BCUT2D eigenvalue weighted by Crippen LogP contribution is -1.94. The summed E-state index contributed by atoms with van der Waals surface area (Å²) in [5.41, 5.74) is 6.07. The molecule has 0 aliphatic heterocycles. The quantitative estimate of drug-likeness (QED) is 0.507. The molecule has 0 heterocycles. The van der Waals surface area contributed by atoms with Crippen LogP contribution in [0.1, 0.15) is 0 Å². The van der Waals surface area contributed by atoms with Crippen molar-refractivity contribution in [2.45, 2.75) is 4.90 Å². The van der Waals surface area contributed by atoms with Gasteiger partial charge in [-0.25, -0.2) is 4.21 Å². The predicted octanol–water partition coefficient (Wildman–Crippen LogP) is 1.71. The van der Waals surface area contributed by atoms with Crippen LogP contribution in [0, 0.1) is 0 Å². The van der Waals surface area contributed by atoms with Crippen LogP contribution in [0.3, 0.4) is 0 Å². The second-order valence-corrected chi connectivity index (χ2v) is 4.04. The van der Waals surface area contributed by atoms with Gasteiger partial charge in [-0.2, -0.15) is 0 Å². The van der Waals surface area contributed by atoms with Gasteiger partial charge in [0.25, 0.3) is 0 Å². The number of anilines is 1. The minimum atomic E-state index is -2.09. The largest absolute Gasteiger partial charge is 0.507 e. The van der Waals surface area contributed by atoms with Crippen LogP contribution in [0.15, 0.2) is 35.2 Å². The number of fused-ring (bicyclic) bond motifs is 1. The van der Waals surface area contributed by atoms with Crippen molar-refractivity contribution in [1.29, 1.82) is 0 Å². The van der Waals surface area contributed by atoms with Crippen molar-refractivity contribution in [3.63, 3.8) is 0 Å². The summed E-state index contributed by atoms with van der Waals surface area (Å²) in [7, 11) is 0. The minimum absolute atomic E-state index is 0.0114. The van der Waals surface area contributed by atoms with E-state index in [9.17, 15) is 9.32 Å². The van der Waals surface area contributed by atoms with Gasteiger partial charge < -0.3 is 15.4 Å². The molecule has 0 bridgehead atoms. The molecule has 4 nitrogen and oxygen atoms in total. The van der Waals surface area contributed by atoms with E-state index in [2.05, 4.69) is 0 Å². The molecular weight excluding hydrogens is 214 g/mol. The Morgan fingerprint density at radius 3 is 2.60 bits per heavy atom. The maximum absolute atomic E-state index is 11.0. The number of nitrogens with two attached hydrogens (primary N) is 1. The van der Waals surface area contributed by atoms with Crippen LogP contribution in [-0.4, -0.2) is 13.9 Å². The average Bonchev–Trinajstić information content (AvgIpc) is 2.17. The van der Waals surface area contributed by atoms with Gasteiger partial charge in [-0.1, -0.05) is 12.1 Å². The molecule has 0 spiro atoms. The second-order valence-electron chi connectivity index (χ2n) is 3.10. The van der Waals surface area contributed by atoms with Crippen LogP contribution in [0.4, 0.5) is 5.69 Å². The van der Waals surface area contributed by atoms with Gasteiger partial charge in [0, 0.05) is 16.5 Å². The number of rotatable bonds is 1. The number of hydrogen-bond donors (Lipinski definition) is 3. The Morgan fingerprint density at radius 1 is 1.20 bits per heavy atom. The second kappa shape index (κ2) is 3.52. The third-order valence-corrected chi connectivity index (χ3v) is 2.93. The van der Waals surface area contributed by atoms with E-state index in [0.717, 1.165) is 0 Å². The van der Waals surface area contributed by atoms with Crippen LogP contribution >= 0.6 is 0 Å². The molecule has 0 saturated heterocycles. The van der Waals surface area contributed by atoms with Crippen molar-refractivity contribution in [3.8, 4) is 5.75 Å². The van der Waals surface area contributed by atoms with Crippen LogP contribution in [0.5, 0.6) is 5.75 Å². The standard InChI is InChI=1S/C10H9NO3S/c11-7-4-5-9(15(13)14)6-2-1-3-8(12)10(6)7/h1-5,12H,11H2,(H,13,14). The van der Waals surface area contributed by atoms with Gasteiger partial charge >= 0.3 is 0 Å². The minimum Gasteiger partial charge on any atom is -0.507 e. The zero-order valence-corrected chi connectivity index (χ0v) is 8.49. The molecule has 0 aliphatic rings. The van der Waals surface area contributed by atoms with E-state index in [1.807, 2.05) is 0 Å². The van der Waals surface area contributed by atoms with Gasteiger partial charge in [0.2, 0.25) is 0 Å². The Labute approximate surface area is 88.6 Å². The van der Waals surface area contributed by atoms with E-state index in [0.29, 0.717) is 16.5 Å². The molecule has 2 rings (SSSR count). The zero-order valence-electron chi connectivity index (χ0n) is 7.68. The van der Waals surface area contributed by atoms with Gasteiger partial charge in [-0.15, -0.1) is 0 Å². The number of hydrogen-bond acceptors (Lipinski definition) is 3. The third kappa shape index (κ3) is 1.55. The van der Waals surface area contributed by atoms with Crippen LogP contribution in [-0.2, 0) is 11.1 Å². The molecule has 4 N–H and O–H groups in total. The summed E-state index contributed by atoms with van der Waals surface area (Å²) in [6.45, 7) is 0. The first-order chi connectivity index (χ1) is 7.11. The summed E-state index contributed by atoms with van der Waals surface area (Å²) >= 11 is -2.09. The Morgan fingerprint density at radius 2 is 1.93 bits per heavy atom. The summed E-state index contributed by atoms with van der Waals surface area (Å²) in [5.74, 6) is 0.0114. The highest BCUT2D eigenvalue weighted by Crippen LogP contribution is 2.32. The summed E-state index contributed by atoms with van der Waals surface area (Å²) < 4.78 is 20.1. The van der Waals surface area contributed by atoms with Gasteiger partial charge in [0.1, 0.15) is 5.75 Å². The van der Waals surface area contributed by atoms with Gasteiger partial charge in [0.05, 0.1) is 4.90 Å². The van der Waals surface area contributed by atoms with Crippen LogP contribution in [0.25, 0.3) is 10.8 Å². The lowest BCUT2D eigenvalue weighted by atomic mass is 10.1. The first kappa shape index (κ1) is 9.95. The van der Waals surface area contributed by atoms with Crippen molar-refractivity contribution in [1.82, 2.24) is 0 Å². The predicted molar refractivity (Wildman–Crippen MR) is 59.1 cm³/mol. The topological polar surface area (TPSA) is 83.6 Å². The maximum Gasteiger partial charge on any atom is 0.187 e. The molecule has 2 aromatic carbocycles. The van der Waals surface area contributed by atoms with E-state index < -0.39 is 11.1 Å². The molecule has 1 atom stereocenters. The van der Waals surface area contributed by atoms with Gasteiger partial charge in [-0.05, 0) is 18.2 Å². The SMILES string of the molecule is Nc1ccc(S(=O)O)c2cccc(O)c12. The molecule has 0 radical (unpaired) electrons. The fourth-order valence-electron chi connectivity index (χ4n) is 1.54. The number of aromatic hydroxyl groups is 1. The van der Waals surface area contributed by atoms with Crippen molar-refractivity contribution >= 4 is 27.5 Å². The summed E-state index contributed by atoms with van der Waals surface area (Å²) in [4.78, 5) is 0.245. The Balaban J connectivity index is 2.95. The molecule has 2 aromatic rings. The zero-order chi connectivity index (χ0) is 11.0. The molecule has 0 fully saturated rings. The Kier molecular flexibility index (Phi) is 2.34. The molecule has 0 aromatic heterocycles. The molecule has 78 valence electrons. The van der Waals surface area contributed by atoms with E-state index in [1.165, 1.54) is 18.2 Å².